The van der Waals surface area contributed by atoms with Gasteiger partial charge in [0.25, 0.3) is 0 Å². The van der Waals surface area contributed by atoms with Gasteiger partial charge in [0.05, 0.1) is 12.7 Å². The van der Waals surface area contributed by atoms with Crippen LogP contribution in [0.1, 0.15) is 33.0 Å². The molecule has 1 aromatic heterocycles. The van der Waals surface area contributed by atoms with E-state index in [9.17, 15) is 4.79 Å². The molecule has 0 aliphatic carbocycles. The molecule has 0 amide bonds. The Kier molecular flexibility index (Phi) is 3.24. The molecule has 0 bridgehead atoms. The molecule has 0 saturated heterocycles. The lowest BCUT2D eigenvalue weighted by Gasteiger charge is -2.03. The molecule has 2 rings (SSSR count). The molecule has 0 atom stereocenters. The molecule has 1 heterocycles. The summed E-state index contributed by atoms with van der Waals surface area (Å²) < 4.78 is 10.6. The molecular weight excluding hydrogens is 228 g/mol. The standard InChI is InChI=1S/C15H16O3/c1-9-10(2)18-11(3)14(9)15(16)12-5-7-13(17-4)8-6-12/h5-8H,1-4H3. The first-order chi connectivity index (χ1) is 8.54. The Morgan fingerprint density at radius 3 is 2.11 bits per heavy atom. The summed E-state index contributed by atoms with van der Waals surface area (Å²) in [5, 5.41) is 0. The maximum Gasteiger partial charge on any atom is 0.196 e. The summed E-state index contributed by atoms with van der Waals surface area (Å²) in [5.41, 5.74) is 2.22. The van der Waals surface area contributed by atoms with E-state index < -0.39 is 0 Å². The number of hydrogen-bond acceptors (Lipinski definition) is 3. The molecule has 0 spiro atoms. The molecule has 3 heteroatoms. The first-order valence-corrected chi connectivity index (χ1v) is 5.80. The Morgan fingerprint density at radius 1 is 1.06 bits per heavy atom. The first kappa shape index (κ1) is 12.4. The number of hydrogen-bond donors (Lipinski definition) is 0. The third kappa shape index (κ3) is 2.04. The lowest BCUT2D eigenvalue weighted by molar-refractivity contribution is 0.103. The lowest BCUT2D eigenvalue weighted by atomic mass is 10.00. The largest absolute Gasteiger partial charge is 0.497 e. The zero-order valence-corrected chi connectivity index (χ0v) is 11.0. The van der Waals surface area contributed by atoms with Gasteiger partial charge in [-0.2, -0.15) is 0 Å². The van der Waals surface area contributed by atoms with Gasteiger partial charge in [0, 0.05) is 11.1 Å². The van der Waals surface area contributed by atoms with Crippen LogP contribution >= 0.6 is 0 Å². The van der Waals surface area contributed by atoms with E-state index in [2.05, 4.69) is 0 Å². The van der Waals surface area contributed by atoms with Gasteiger partial charge in [-0.15, -0.1) is 0 Å². The number of rotatable bonds is 3. The maximum atomic E-state index is 12.4. The van der Waals surface area contributed by atoms with E-state index in [0.29, 0.717) is 16.9 Å². The number of benzene rings is 1. The van der Waals surface area contributed by atoms with Crippen molar-refractivity contribution in [2.45, 2.75) is 20.8 Å². The molecule has 3 nitrogen and oxygen atoms in total. The highest BCUT2D eigenvalue weighted by Gasteiger charge is 2.19. The number of aryl methyl sites for hydroxylation is 2. The number of methoxy groups -OCH3 is 1. The molecular formula is C15H16O3. The van der Waals surface area contributed by atoms with Crippen LogP contribution < -0.4 is 4.74 Å². The predicted octanol–water partition coefficient (Wildman–Crippen LogP) is 3.44. The Bertz CT molecular complexity index is 577. The summed E-state index contributed by atoms with van der Waals surface area (Å²) >= 11 is 0. The van der Waals surface area contributed by atoms with Crippen LogP contribution in [-0.4, -0.2) is 12.9 Å². The van der Waals surface area contributed by atoms with Gasteiger partial charge >= 0.3 is 0 Å². The molecule has 0 radical (unpaired) electrons. The smallest absolute Gasteiger partial charge is 0.196 e. The summed E-state index contributed by atoms with van der Waals surface area (Å²) in [5.74, 6) is 2.20. The van der Waals surface area contributed by atoms with Crippen LogP contribution in [-0.2, 0) is 0 Å². The van der Waals surface area contributed by atoms with E-state index >= 15 is 0 Å². The molecule has 2 aromatic rings. The monoisotopic (exact) mass is 244 g/mol. The lowest BCUT2D eigenvalue weighted by Crippen LogP contribution is -2.03. The van der Waals surface area contributed by atoms with Gasteiger partial charge < -0.3 is 9.15 Å². The Balaban J connectivity index is 2.41. The second-order valence-electron chi connectivity index (χ2n) is 4.27. The van der Waals surface area contributed by atoms with Gasteiger partial charge in [0.2, 0.25) is 0 Å². The van der Waals surface area contributed by atoms with Crippen molar-refractivity contribution in [2.75, 3.05) is 7.11 Å². The van der Waals surface area contributed by atoms with E-state index in [-0.39, 0.29) is 5.78 Å². The fourth-order valence-corrected chi connectivity index (χ4v) is 2.01. The van der Waals surface area contributed by atoms with E-state index in [1.54, 1.807) is 31.4 Å². The second kappa shape index (κ2) is 4.69. The summed E-state index contributed by atoms with van der Waals surface area (Å²) in [6.07, 6.45) is 0. The zero-order valence-electron chi connectivity index (χ0n) is 11.0. The van der Waals surface area contributed by atoms with Crippen LogP contribution in [0.15, 0.2) is 28.7 Å². The highest BCUT2D eigenvalue weighted by atomic mass is 16.5. The van der Waals surface area contributed by atoms with E-state index in [4.69, 9.17) is 9.15 Å². The number of ether oxygens (including phenoxy) is 1. The van der Waals surface area contributed by atoms with Gasteiger partial charge in [-0.05, 0) is 45.0 Å². The van der Waals surface area contributed by atoms with Gasteiger partial charge in [0.1, 0.15) is 17.3 Å². The summed E-state index contributed by atoms with van der Waals surface area (Å²) in [6, 6.07) is 7.10. The highest BCUT2D eigenvalue weighted by Crippen LogP contribution is 2.24. The van der Waals surface area contributed by atoms with Crippen molar-refractivity contribution in [3.05, 3.63) is 52.5 Å². The van der Waals surface area contributed by atoms with Gasteiger partial charge in [-0.1, -0.05) is 0 Å². The van der Waals surface area contributed by atoms with Crippen molar-refractivity contribution in [1.29, 1.82) is 0 Å². The molecule has 1 aromatic carbocycles. The Morgan fingerprint density at radius 2 is 1.67 bits per heavy atom. The Hall–Kier alpha value is -2.03. The highest BCUT2D eigenvalue weighted by molar-refractivity contribution is 6.10. The summed E-state index contributed by atoms with van der Waals surface area (Å²) in [6.45, 7) is 5.59. The van der Waals surface area contributed by atoms with Crippen molar-refractivity contribution in [2.24, 2.45) is 0 Å². The van der Waals surface area contributed by atoms with Crippen LogP contribution in [0.3, 0.4) is 0 Å². The minimum absolute atomic E-state index is 0.00972. The van der Waals surface area contributed by atoms with Gasteiger partial charge in [0.15, 0.2) is 5.78 Å². The molecule has 0 saturated carbocycles. The summed E-state index contributed by atoms with van der Waals surface area (Å²) in [7, 11) is 1.60. The molecule has 0 aliphatic rings. The van der Waals surface area contributed by atoms with E-state index in [1.165, 1.54) is 0 Å². The average molecular weight is 244 g/mol. The van der Waals surface area contributed by atoms with Crippen molar-refractivity contribution >= 4 is 5.78 Å². The third-order valence-corrected chi connectivity index (χ3v) is 3.14. The minimum Gasteiger partial charge on any atom is -0.497 e. The van der Waals surface area contributed by atoms with Crippen LogP contribution in [0.25, 0.3) is 0 Å². The number of ketones is 1. The molecule has 0 unspecified atom stereocenters. The topological polar surface area (TPSA) is 39.4 Å². The van der Waals surface area contributed by atoms with E-state index in [1.807, 2.05) is 20.8 Å². The quantitative estimate of drug-likeness (QED) is 0.776. The maximum absolute atomic E-state index is 12.4. The Labute approximate surface area is 106 Å². The molecule has 18 heavy (non-hydrogen) atoms. The number of furan rings is 1. The minimum atomic E-state index is -0.00972. The SMILES string of the molecule is COc1ccc(C(=O)c2c(C)oc(C)c2C)cc1. The van der Waals surface area contributed by atoms with Gasteiger partial charge in [-0.3, -0.25) is 4.79 Å². The normalized spacial score (nSPS) is 10.4. The van der Waals surface area contributed by atoms with Crippen LogP contribution in [0.2, 0.25) is 0 Å². The van der Waals surface area contributed by atoms with Crippen LogP contribution in [0.4, 0.5) is 0 Å². The van der Waals surface area contributed by atoms with Crippen molar-refractivity contribution in [3.8, 4) is 5.75 Å². The number of carbonyl (C=O) groups excluding carboxylic acids is 1. The third-order valence-electron chi connectivity index (χ3n) is 3.14. The fourth-order valence-electron chi connectivity index (χ4n) is 2.01. The van der Waals surface area contributed by atoms with Crippen molar-refractivity contribution in [3.63, 3.8) is 0 Å². The second-order valence-corrected chi connectivity index (χ2v) is 4.27. The van der Waals surface area contributed by atoms with E-state index in [0.717, 1.165) is 17.1 Å². The first-order valence-electron chi connectivity index (χ1n) is 5.80. The summed E-state index contributed by atoms with van der Waals surface area (Å²) in [4.78, 5) is 12.4. The fraction of sp³-hybridized carbons (Fsp3) is 0.267. The number of carbonyl (C=O) groups is 1. The molecule has 94 valence electrons. The zero-order chi connectivity index (χ0) is 13.3. The molecule has 0 aliphatic heterocycles. The predicted molar refractivity (Wildman–Crippen MR) is 69.3 cm³/mol. The van der Waals surface area contributed by atoms with Crippen molar-refractivity contribution < 1.29 is 13.9 Å². The molecule has 0 fully saturated rings. The van der Waals surface area contributed by atoms with Crippen LogP contribution in [0, 0.1) is 20.8 Å². The molecule has 0 N–H and O–H groups in total. The van der Waals surface area contributed by atoms with Crippen molar-refractivity contribution in [1.82, 2.24) is 0 Å². The van der Waals surface area contributed by atoms with Gasteiger partial charge in [-0.25, -0.2) is 0 Å². The van der Waals surface area contributed by atoms with Crippen LogP contribution in [0.5, 0.6) is 5.75 Å². The average Bonchev–Trinajstić information content (AvgIpc) is 2.63.